The maximum atomic E-state index is 9.09. The number of halogens is 1. The summed E-state index contributed by atoms with van der Waals surface area (Å²) in [5, 5.41) is 9.81. The first-order valence-electron chi connectivity index (χ1n) is 5.68. The highest BCUT2D eigenvalue weighted by Crippen LogP contribution is 2.40. The highest BCUT2D eigenvalue weighted by Gasteiger charge is 2.35. The van der Waals surface area contributed by atoms with Gasteiger partial charge in [0.2, 0.25) is 0 Å². The minimum absolute atomic E-state index is 0.242. The molecule has 0 saturated heterocycles. The second kappa shape index (κ2) is 4.77. The van der Waals surface area contributed by atoms with E-state index in [1.807, 2.05) is 36.4 Å². The maximum Gasteiger partial charge on any atom is 0.0634 e. The molecule has 1 aromatic carbocycles. The van der Waals surface area contributed by atoms with Gasteiger partial charge in [-0.05, 0) is 23.6 Å². The van der Waals surface area contributed by atoms with Crippen LogP contribution in [-0.4, -0.2) is 0 Å². The lowest BCUT2D eigenvalue weighted by molar-refractivity contribution is 0.425. The molecule has 0 spiro atoms. The quantitative estimate of drug-likeness (QED) is 0.762. The van der Waals surface area contributed by atoms with E-state index < -0.39 is 0 Å². The van der Waals surface area contributed by atoms with Crippen LogP contribution in [-0.2, 0) is 5.41 Å². The molecule has 1 aromatic rings. The first-order chi connectivity index (χ1) is 8.19. The van der Waals surface area contributed by atoms with Crippen LogP contribution in [0.2, 0.25) is 5.02 Å². The van der Waals surface area contributed by atoms with E-state index in [1.54, 1.807) is 0 Å². The number of benzene rings is 1. The number of rotatable bonds is 2. The Hall–Kier alpha value is -1.52. The standard InChI is InChI=1S/C15H14ClN/c1-12-5-2-3-8-15(12,9-10-17)13-6-4-7-14(16)11-13/h2-8,11-12H,9H2,1H3. The Kier molecular flexibility index (Phi) is 3.36. The molecule has 2 unspecified atom stereocenters. The van der Waals surface area contributed by atoms with E-state index >= 15 is 0 Å². The normalized spacial score (nSPS) is 26.8. The summed E-state index contributed by atoms with van der Waals surface area (Å²) in [5.74, 6) is 0.297. The van der Waals surface area contributed by atoms with Crippen molar-refractivity contribution in [3.8, 4) is 6.07 Å². The number of hydrogen-bond acceptors (Lipinski definition) is 1. The van der Waals surface area contributed by atoms with Gasteiger partial charge < -0.3 is 0 Å². The lowest BCUT2D eigenvalue weighted by Gasteiger charge is -2.35. The van der Waals surface area contributed by atoms with Crippen molar-refractivity contribution < 1.29 is 0 Å². The second-order valence-corrected chi connectivity index (χ2v) is 4.85. The maximum absolute atomic E-state index is 9.09. The molecular weight excluding hydrogens is 230 g/mol. The number of allylic oxidation sites excluding steroid dienone is 4. The molecule has 86 valence electrons. The monoisotopic (exact) mass is 243 g/mol. The summed E-state index contributed by atoms with van der Waals surface area (Å²) in [6.07, 6.45) is 8.77. The highest BCUT2D eigenvalue weighted by atomic mass is 35.5. The first kappa shape index (κ1) is 12.0. The lowest BCUT2D eigenvalue weighted by atomic mass is 9.67. The molecule has 2 atom stereocenters. The van der Waals surface area contributed by atoms with Gasteiger partial charge in [0.15, 0.2) is 0 Å². The lowest BCUT2D eigenvalue weighted by Crippen LogP contribution is -2.31. The molecular formula is C15H14ClN. The molecule has 0 bridgehead atoms. The molecule has 0 heterocycles. The van der Waals surface area contributed by atoms with Crippen molar-refractivity contribution in [1.82, 2.24) is 0 Å². The molecule has 0 saturated carbocycles. The molecule has 1 aliphatic rings. The van der Waals surface area contributed by atoms with Crippen LogP contribution in [0.1, 0.15) is 18.9 Å². The Labute approximate surface area is 107 Å². The Bertz CT molecular complexity index is 510. The third-order valence-corrected chi connectivity index (χ3v) is 3.69. The SMILES string of the molecule is CC1C=CC=CC1(CC#N)c1cccc(Cl)c1. The van der Waals surface area contributed by atoms with Crippen LogP contribution in [0.15, 0.2) is 48.6 Å². The van der Waals surface area contributed by atoms with Crippen LogP contribution in [0.25, 0.3) is 0 Å². The molecule has 2 heteroatoms. The van der Waals surface area contributed by atoms with E-state index in [0.29, 0.717) is 12.3 Å². The molecule has 2 rings (SSSR count). The van der Waals surface area contributed by atoms with Gasteiger partial charge in [-0.15, -0.1) is 0 Å². The van der Waals surface area contributed by atoms with Gasteiger partial charge in [0, 0.05) is 16.9 Å². The van der Waals surface area contributed by atoms with E-state index in [2.05, 4.69) is 25.1 Å². The Morgan fingerprint density at radius 1 is 1.41 bits per heavy atom. The fourth-order valence-corrected chi connectivity index (χ4v) is 2.56. The van der Waals surface area contributed by atoms with Crippen LogP contribution < -0.4 is 0 Å². The van der Waals surface area contributed by atoms with Gasteiger partial charge in [-0.2, -0.15) is 5.26 Å². The summed E-state index contributed by atoms with van der Waals surface area (Å²) < 4.78 is 0. The van der Waals surface area contributed by atoms with Gasteiger partial charge in [0.1, 0.15) is 0 Å². The zero-order valence-corrected chi connectivity index (χ0v) is 10.5. The molecule has 0 aliphatic heterocycles. The Balaban J connectivity index is 2.52. The third kappa shape index (κ3) is 2.14. The van der Waals surface area contributed by atoms with Crippen LogP contribution in [0, 0.1) is 17.2 Å². The molecule has 17 heavy (non-hydrogen) atoms. The topological polar surface area (TPSA) is 23.8 Å². The highest BCUT2D eigenvalue weighted by molar-refractivity contribution is 6.30. The third-order valence-electron chi connectivity index (χ3n) is 3.45. The molecule has 1 nitrogen and oxygen atoms in total. The predicted octanol–water partition coefficient (Wildman–Crippen LogP) is 4.25. The summed E-state index contributed by atoms with van der Waals surface area (Å²) in [5.41, 5.74) is 0.869. The number of hydrogen-bond donors (Lipinski definition) is 0. The molecule has 0 N–H and O–H groups in total. The summed E-state index contributed by atoms with van der Waals surface area (Å²) >= 11 is 6.05. The summed E-state index contributed by atoms with van der Waals surface area (Å²) in [6, 6.07) is 10.1. The fraction of sp³-hybridized carbons (Fsp3) is 0.267. The van der Waals surface area contributed by atoms with Gasteiger partial charge in [-0.1, -0.05) is 55.0 Å². The van der Waals surface area contributed by atoms with E-state index in [0.717, 1.165) is 10.6 Å². The van der Waals surface area contributed by atoms with Crippen LogP contribution in [0.5, 0.6) is 0 Å². The van der Waals surface area contributed by atoms with E-state index in [-0.39, 0.29) is 5.41 Å². The van der Waals surface area contributed by atoms with Gasteiger partial charge in [-0.3, -0.25) is 0 Å². The molecule has 0 aromatic heterocycles. The smallest absolute Gasteiger partial charge is 0.0634 e. The van der Waals surface area contributed by atoms with Crippen LogP contribution in [0.4, 0.5) is 0 Å². The zero-order valence-electron chi connectivity index (χ0n) is 9.73. The summed E-state index contributed by atoms with van der Waals surface area (Å²) in [7, 11) is 0. The van der Waals surface area contributed by atoms with Crippen LogP contribution >= 0.6 is 11.6 Å². The van der Waals surface area contributed by atoms with Crippen molar-refractivity contribution in [2.45, 2.75) is 18.8 Å². The van der Waals surface area contributed by atoms with Gasteiger partial charge >= 0.3 is 0 Å². The Morgan fingerprint density at radius 3 is 2.88 bits per heavy atom. The molecule has 0 fully saturated rings. The van der Waals surface area contributed by atoms with Gasteiger partial charge in [0.25, 0.3) is 0 Å². The van der Waals surface area contributed by atoms with E-state index in [9.17, 15) is 0 Å². The molecule has 0 radical (unpaired) electrons. The average Bonchev–Trinajstić information content (AvgIpc) is 2.32. The van der Waals surface area contributed by atoms with Crippen molar-refractivity contribution in [3.05, 3.63) is 59.2 Å². The van der Waals surface area contributed by atoms with E-state index in [1.165, 1.54) is 0 Å². The second-order valence-electron chi connectivity index (χ2n) is 4.42. The minimum Gasteiger partial charge on any atom is -0.198 e. The Morgan fingerprint density at radius 2 is 2.24 bits per heavy atom. The van der Waals surface area contributed by atoms with Crippen LogP contribution in [0.3, 0.4) is 0 Å². The van der Waals surface area contributed by atoms with Crippen molar-refractivity contribution in [3.63, 3.8) is 0 Å². The molecule has 1 aliphatic carbocycles. The number of nitrogens with zero attached hydrogens (tertiary/aromatic N) is 1. The van der Waals surface area contributed by atoms with Gasteiger partial charge in [0.05, 0.1) is 6.07 Å². The minimum atomic E-state index is -0.242. The van der Waals surface area contributed by atoms with E-state index in [4.69, 9.17) is 16.9 Å². The zero-order chi connectivity index (χ0) is 12.3. The number of nitriles is 1. The van der Waals surface area contributed by atoms with Crippen molar-refractivity contribution in [2.24, 2.45) is 5.92 Å². The fourth-order valence-electron chi connectivity index (χ4n) is 2.37. The summed E-state index contributed by atoms with van der Waals surface area (Å²) in [6.45, 7) is 2.14. The van der Waals surface area contributed by atoms with Crippen molar-refractivity contribution in [2.75, 3.05) is 0 Å². The average molecular weight is 244 g/mol. The summed E-state index contributed by atoms with van der Waals surface area (Å²) in [4.78, 5) is 0. The van der Waals surface area contributed by atoms with Crippen molar-refractivity contribution in [1.29, 1.82) is 5.26 Å². The van der Waals surface area contributed by atoms with Crippen molar-refractivity contribution >= 4 is 11.6 Å². The molecule has 0 amide bonds. The largest absolute Gasteiger partial charge is 0.198 e. The van der Waals surface area contributed by atoms with Gasteiger partial charge in [-0.25, -0.2) is 0 Å². The predicted molar refractivity (Wildman–Crippen MR) is 70.8 cm³/mol. The first-order valence-corrected chi connectivity index (χ1v) is 6.06.